The molecule has 1 heterocycles. The summed E-state index contributed by atoms with van der Waals surface area (Å²) in [5.74, 6) is -0.678. The minimum Gasteiger partial charge on any atom is -0.444 e. The normalized spacial score (nSPS) is 20.4. The molecule has 1 N–H and O–H groups in total. The number of halogens is 3. The van der Waals surface area contributed by atoms with Gasteiger partial charge in [0.1, 0.15) is 5.60 Å². The summed E-state index contributed by atoms with van der Waals surface area (Å²) in [4.78, 5) is 12.1. The lowest BCUT2D eigenvalue weighted by molar-refractivity contribution is -0.0502. The van der Waals surface area contributed by atoms with Gasteiger partial charge >= 0.3 is 21.7 Å². The Morgan fingerprint density at radius 1 is 1.32 bits per heavy atom. The number of amides is 1. The minimum absolute atomic E-state index is 0.0711. The first-order valence-corrected chi connectivity index (χ1v) is 10.1. The Morgan fingerprint density at radius 2 is 1.93 bits per heavy atom. The molecule has 0 fully saturated rings. The highest BCUT2D eigenvalue weighted by Gasteiger charge is 2.50. The van der Waals surface area contributed by atoms with Crippen LogP contribution in [0.4, 0.5) is 18.0 Å². The average molecular weight is 427 g/mol. The monoisotopic (exact) mass is 427 g/mol. The molecule has 0 bridgehead atoms. The molecule has 0 radical (unpaired) electrons. The number of aryl methyl sites for hydroxylation is 1. The Labute approximate surface area is 161 Å². The van der Waals surface area contributed by atoms with E-state index in [1.807, 2.05) is 6.92 Å². The van der Waals surface area contributed by atoms with Crippen LogP contribution in [0.5, 0.6) is 5.88 Å². The smallest absolute Gasteiger partial charge is 0.444 e. The van der Waals surface area contributed by atoms with Gasteiger partial charge in [0.05, 0.1) is 5.69 Å². The number of fused-ring (bicyclic) bond motifs is 1. The number of hydrogen-bond donors (Lipinski definition) is 1. The van der Waals surface area contributed by atoms with Crippen LogP contribution in [-0.4, -0.2) is 41.4 Å². The first-order valence-electron chi connectivity index (χ1n) is 8.70. The van der Waals surface area contributed by atoms with Gasteiger partial charge in [0, 0.05) is 31.0 Å². The predicted octanol–water partition coefficient (Wildman–Crippen LogP) is 2.98. The van der Waals surface area contributed by atoms with Gasteiger partial charge in [-0.1, -0.05) is 6.92 Å². The number of alkyl carbamates (subject to hydrolysis) is 1. The van der Waals surface area contributed by atoms with E-state index < -0.39 is 39.2 Å². The van der Waals surface area contributed by atoms with E-state index in [9.17, 15) is 26.4 Å². The summed E-state index contributed by atoms with van der Waals surface area (Å²) in [6, 6.07) is -0.465. The Morgan fingerprint density at radius 3 is 2.43 bits per heavy atom. The van der Waals surface area contributed by atoms with Crippen molar-refractivity contribution in [3.8, 4) is 5.88 Å². The molecular formula is C16H24F3N3O5S. The van der Waals surface area contributed by atoms with Crippen LogP contribution in [0.2, 0.25) is 0 Å². The second kappa shape index (κ2) is 7.45. The van der Waals surface area contributed by atoms with Gasteiger partial charge in [0.25, 0.3) is 0 Å². The summed E-state index contributed by atoms with van der Waals surface area (Å²) < 4.78 is 71.6. The summed E-state index contributed by atoms with van der Waals surface area (Å²) >= 11 is 0. The number of carbonyl (C=O) groups excluding carboxylic acids is 1. The summed E-state index contributed by atoms with van der Waals surface area (Å²) in [6.45, 7) is 6.98. The fourth-order valence-corrected chi connectivity index (χ4v) is 3.59. The van der Waals surface area contributed by atoms with Crippen LogP contribution in [0.1, 0.15) is 57.7 Å². The van der Waals surface area contributed by atoms with Crippen molar-refractivity contribution in [2.45, 2.75) is 70.0 Å². The van der Waals surface area contributed by atoms with Crippen molar-refractivity contribution in [2.24, 2.45) is 7.05 Å². The van der Waals surface area contributed by atoms with Crippen molar-refractivity contribution in [3.63, 3.8) is 0 Å². The van der Waals surface area contributed by atoms with Crippen molar-refractivity contribution < 1.29 is 35.3 Å². The van der Waals surface area contributed by atoms with Gasteiger partial charge in [-0.25, -0.2) is 9.48 Å². The molecule has 28 heavy (non-hydrogen) atoms. The summed E-state index contributed by atoms with van der Waals surface area (Å²) in [5.41, 5.74) is -5.57. The molecule has 2 rings (SSSR count). The number of hydrogen-bond acceptors (Lipinski definition) is 6. The van der Waals surface area contributed by atoms with E-state index in [2.05, 4.69) is 14.6 Å². The zero-order valence-electron chi connectivity index (χ0n) is 16.3. The number of carbonyl (C=O) groups is 1. The fraction of sp³-hybridized carbons (Fsp3) is 0.750. The van der Waals surface area contributed by atoms with E-state index in [1.54, 1.807) is 20.8 Å². The van der Waals surface area contributed by atoms with Gasteiger partial charge in [0.2, 0.25) is 5.88 Å². The minimum atomic E-state index is -5.84. The van der Waals surface area contributed by atoms with Gasteiger partial charge in [-0.05, 0) is 33.6 Å². The lowest BCUT2D eigenvalue weighted by Gasteiger charge is -2.29. The third-order valence-corrected chi connectivity index (χ3v) is 5.16. The molecule has 1 aliphatic carbocycles. The molecular weight excluding hydrogens is 403 g/mol. The van der Waals surface area contributed by atoms with E-state index in [-0.39, 0.29) is 17.9 Å². The number of ether oxygens (including phenoxy) is 1. The quantitative estimate of drug-likeness (QED) is 0.586. The maximum absolute atomic E-state index is 12.7. The van der Waals surface area contributed by atoms with Gasteiger partial charge in [-0.3, -0.25) is 0 Å². The number of rotatable bonds is 4. The Bertz CT molecular complexity index is 843. The third-order valence-electron chi connectivity index (χ3n) is 4.21. The lowest BCUT2D eigenvalue weighted by Crippen LogP contribution is -2.42. The van der Waals surface area contributed by atoms with E-state index in [4.69, 9.17) is 4.74 Å². The van der Waals surface area contributed by atoms with Gasteiger partial charge in [0.15, 0.2) is 0 Å². The second-order valence-electron chi connectivity index (χ2n) is 7.66. The number of nitrogens with one attached hydrogen (secondary N) is 1. The van der Waals surface area contributed by atoms with Gasteiger partial charge < -0.3 is 14.2 Å². The first-order chi connectivity index (χ1) is 12.6. The fourth-order valence-electron chi connectivity index (χ4n) is 3.08. The van der Waals surface area contributed by atoms with E-state index >= 15 is 0 Å². The van der Waals surface area contributed by atoms with Crippen LogP contribution in [-0.2, 0) is 28.3 Å². The molecule has 1 aromatic heterocycles. The third kappa shape index (κ3) is 4.89. The van der Waals surface area contributed by atoms with E-state index in [1.165, 1.54) is 7.05 Å². The zero-order chi connectivity index (χ0) is 21.5. The molecule has 12 heteroatoms. The molecule has 2 atom stereocenters. The summed E-state index contributed by atoms with van der Waals surface area (Å²) in [7, 11) is -4.53. The van der Waals surface area contributed by atoms with Crippen LogP contribution < -0.4 is 9.50 Å². The lowest BCUT2D eigenvalue weighted by atomic mass is 9.83. The molecule has 0 aromatic carbocycles. The molecule has 1 aliphatic rings. The second-order valence-corrected chi connectivity index (χ2v) is 9.20. The molecule has 0 saturated heterocycles. The molecule has 1 aromatic rings. The van der Waals surface area contributed by atoms with Crippen LogP contribution in [0.3, 0.4) is 0 Å². The van der Waals surface area contributed by atoms with Crippen molar-refractivity contribution in [1.82, 2.24) is 15.1 Å². The van der Waals surface area contributed by atoms with Crippen LogP contribution >= 0.6 is 0 Å². The molecule has 0 spiro atoms. The largest absolute Gasteiger partial charge is 0.534 e. The Hall–Kier alpha value is -1.98. The maximum Gasteiger partial charge on any atom is 0.534 e. The zero-order valence-corrected chi connectivity index (χ0v) is 17.1. The molecule has 0 aliphatic heterocycles. The van der Waals surface area contributed by atoms with Crippen LogP contribution in [0.15, 0.2) is 0 Å². The number of alkyl halides is 3. The molecule has 0 saturated carbocycles. The highest BCUT2D eigenvalue weighted by molar-refractivity contribution is 7.87. The number of nitrogens with zero attached hydrogens (tertiary/aromatic N) is 2. The standard InChI is InChI=1S/C16H24F3N3O5S/c1-6-9-7-10(20-14(23)26-15(2,3)4)8-11-12(9)21-22(5)13(11)27-28(24,25)16(17,18)19/h9-10H,6-8H2,1-5H3,(H,20,23). The highest BCUT2D eigenvalue weighted by atomic mass is 32.2. The molecule has 8 nitrogen and oxygen atoms in total. The van der Waals surface area contributed by atoms with Crippen LogP contribution in [0, 0.1) is 0 Å². The predicted molar refractivity (Wildman–Crippen MR) is 93.3 cm³/mol. The molecule has 160 valence electrons. The molecule has 1 amide bonds. The topological polar surface area (TPSA) is 99.5 Å². The van der Waals surface area contributed by atoms with Crippen LogP contribution in [0.25, 0.3) is 0 Å². The van der Waals surface area contributed by atoms with Crippen molar-refractivity contribution in [3.05, 3.63) is 11.3 Å². The van der Waals surface area contributed by atoms with Gasteiger partial charge in [-0.2, -0.15) is 26.7 Å². The maximum atomic E-state index is 12.7. The Balaban J connectivity index is 2.32. The van der Waals surface area contributed by atoms with Gasteiger partial charge in [-0.15, -0.1) is 0 Å². The Kier molecular flexibility index (Phi) is 5.94. The van der Waals surface area contributed by atoms with E-state index in [0.29, 0.717) is 18.5 Å². The molecule has 2 unspecified atom stereocenters. The average Bonchev–Trinajstić information content (AvgIpc) is 2.79. The van der Waals surface area contributed by atoms with E-state index in [0.717, 1.165) is 4.68 Å². The summed E-state index contributed by atoms with van der Waals surface area (Å²) in [5, 5.41) is 6.84. The van der Waals surface area contributed by atoms with Crippen molar-refractivity contribution in [1.29, 1.82) is 0 Å². The van der Waals surface area contributed by atoms with Crippen molar-refractivity contribution in [2.75, 3.05) is 0 Å². The SMILES string of the molecule is CCC1CC(NC(=O)OC(C)(C)C)Cc2c1nn(C)c2OS(=O)(=O)C(F)(F)F. The first kappa shape index (κ1) is 22.3. The highest BCUT2D eigenvalue weighted by Crippen LogP contribution is 2.39. The van der Waals surface area contributed by atoms with Crippen molar-refractivity contribution >= 4 is 16.2 Å². The summed E-state index contributed by atoms with van der Waals surface area (Å²) in [6.07, 6.45) is 0.500. The number of aromatic nitrogens is 2.